The van der Waals surface area contributed by atoms with E-state index >= 15 is 0 Å². The summed E-state index contributed by atoms with van der Waals surface area (Å²) in [4.78, 5) is 26.5. The van der Waals surface area contributed by atoms with E-state index in [1.54, 1.807) is 6.07 Å². The number of rotatable bonds is 4. The second-order valence-corrected chi connectivity index (χ2v) is 8.73. The van der Waals surface area contributed by atoms with Crippen molar-refractivity contribution in [3.8, 4) is 0 Å². The number of benzene rings is 3. The number of carbonyl (C=O) groups excluding carboxylic acids is 2. The monoisotopic (exact) mass is 544 g/mol. The number of nitrogens with zero attached hydrogens (tertiary/aromatic N) is 1. The molecule has 1 aliphatic rings. The molecule has 194 valence electrons. The highest BCUT2D eigenvalue weighted by Gasteiger charge is 2.34. The minimum absolute atomic E-state index is 0.00856. The molecule has 0 bridgehead atoms. The first kappa shape index (κ1) is 26.5. The summed E-state index contributed by atoms with van der Waals surface area (Å²) in [5.41, 5.74) is -0.748. The van der Waals surface area contributed by atoms with Gasteiger partial charge in [0.2, 0.25) is 5.91 Å². The van der Waals surface area contributed by atoms with Crippen molar-refractivity contribution in [3.63, 3.8) is 0 Å². The van der Waals surface area contributed by atoms with Gasteiger partial charge in [0.25, 0.3) is 5.91 Å². The Kier molecular flexibility index (Phi) is 7.18. The normalized spacial score (nSPS) is 13.4. The standard InChI is InChI=1S/C25H16ClF7N2O2/c26-17-4-2-13-11-35(24(37)15-9-20(29)21(30)10-18(15)27)6-5-14(13)23(17)34-22(36)8-12-1-3-16(19(28)7-12)25(31,32)33/h1-4,7,9-10H,5-6,8,11H2,(H,34,36). The van der Waals surface area contributed by atoms with Crippen molar-refractivity contribution in [1.29, 1.82) is 0 Å². The SMILES string of the molecule is O=C(Cc1ccc(C(F)(F)F)c(F)c1)Nc1c(Cl)ccc2c1CCN(C(=O)c1cc(F)c(F)cc1F)C2. The van der Waals surface area contributed by atoms with Crippen LogP contribution in [-0.4, -0.2) is 23.3 Å². The molecule has 3 aromatic rings. The van der Waals surface area contributed by atoms with Crippen LogP contribution in [0.15, 0.2) is 42.5 Å². The Morgan fingerprint density at radius 1 is 0.919 bits per heavy atom. The van der Waals surface area contributed by atoms with Crippen LogP contribution in [0.25, 0.3) is 0 Å². The first-order valence-electron chi connectivity index (χ1n) is 10.7. The minimum Gasteiger partial charge on any atom is -0.334 e. The number of carbonyl (C=O) groups is 2. The lowest BCUT2D eigenvalue weighted by atomic mass is 9.96. The summed E-state index contributed by atoms with van der Waals surface area (Å²) in [5, 5.41) is 2.73. The number of nitrogens with one attached hydrogen (secondary N) is 1. The van der Waals surface area contributed by atoms with Crippen molar-refractivity contribution in [3.05, 3.63) is 98.6 Å². The molecule has 2 amide bonds. The molecule has 0 spiro atoms. The fraction of sp³-hybridized carbons (Fsp3) is 0.200. The summed E-state index contributed by atoms with van der Waals surface area (Å²) in [6.07, 6.45) is -5.14. The Balaban J connectivity index is 1.51. The molecule has 1 heterocycles. The van der Waals surface area contributed by atoms with E-state index in [4.69, 9.17) is 11.6 Å². The average Bonchev–Trinajstić information content (AvgIpc) is 2.81. The molecule has 0 fully saturated rings. The maximum atomic E-state index is 14.1. The van der Waals surface area contributed by atoms with Crippen molar-refractivity contribution in [1.82, 2.24) is 4.90 Å². The van der Waals surface area contributed by atoms with Crippen LogP contribution in [0.5, 0.6) is 0 Å². The molecule has 3 aromatic carbocycles. The first-order chi connectivity index (χ1) is 17.3. The number of fused-ring (bicyclic) bond motifs is 1. The maximum absolute atomic E-state index is 14.1. The third-order valence-corrected chi connectivity index (χ3v) is 6.16. The van der Waals surface area contributed by atoms with Gasteiger partial charge in [-0.3, -0.25) is 9.59 Å². The summed E-state index contributed by atoms with van der Waals surface area (Å²) >= 11 is 6.25. The van der Waals surface area contributed by atoms with Gasteiger partial charge >= 0.3 is 6.18 Å². The van der Waals surface area contributed by atoms with E-state index in [1.807, 2.05) is 0 Å². The molecule has 0 saturated heterocycles. The molecule has 0 radical (unpaired) electrons. The Morgan fingerprint density at radius 3 is 2.30 bits per heavy atom. The number of hydrogen-bond acceptors (Lipinski definition) is 2. The molecule has 0 unspecified atom stereocenters. The highest BCUT2D eigenvalue weighted by atomic mass is 35.5. The molecule has 0 aromatic heterocycles. The van der Waals surface area contributed by atoms with E-state index in [9.17, 15) is 40.3 Å². The number of halogens is 8. The minimum atomic E-state index is -4.87. The highest BCUT2D eigenvalue weighted by molar-refractivity contribution is 6.34. The van der Waals surface area contributed by atoms with Crippen molar-refractivity contribution < 1.29 is 40.3 Å². The zero-order valence-corrected chi connectivity index (χ0v) is 19.4. The second-order valence-electron chi connectivity index (χ2n) is 8.32. The van der Waals surface area contributed by atoms with Gasteiger partial charge in [-0.25, -0.2) is 17.6 Å². The Bertz CT molecular complexity index is 1410. The van der Waals surface area contributed by atoms with Crippen LogP contribution in [0.4, 0.5) is 36.4 Å². The quantitative estimate of drug-likeness (QED) is 0.310. The Labute approximate surface area is 210 Å². The molecule has 12 heteroatoms. The van der Waals surface area contributed by atoms with Gasteiger partial charge in [0, 0.05) is 19.2 Å². The lowest BCUT2D eigenvalue weighted by Crippen LogP contribution is -2.37. The van der Waals surface area contributed by atoms with Gasteiger partial charge < -0.3 is 10.2 Å². The van der Waals surface area contributed by atoms with E-state index in [0.717, 1.165) is 6.07 Å². The predicted molar refractivity (Wildman–Crippen MR) is 120 cm³/mol. The van der Waals surface area contributed by atoms with E-state index in [1.165, 1.54) is 11.0 Å². The van der Waals surface area contributed by atoms with E-state index in [-0.39, 0.29) is 41.9 Å². The molecule has 1 aliphatic heterocycles. The molecular weight excluding hydrogens is 529 g/mol. The number of anilines is 1. The van der Waals surface area contributed by atoms with Gasteiger partial charge in [0.05, 0.1) is 28.3 Å². The van der Waals surface area contributed by atoms with Crippen LogP contribution < -0.4 is 5.32 Å². The van der Waals surface area contributed by atoms with Gasteiger partial charge in [-0.1, -0.05) is 23.7 Å². The van der Waals surface area contributed by atoms with Crippen molar-refractivity contribution in [2.24, 2.45) is 0 Å². The van der Waals surface area contributed by atoms with Crippen LogP contribution in [-0.2, 0) is 30.4 Å². The fourth-order valence-electron chi connectivity index (χ4n) is 4.06. The van der Waals surface area contributed by atoms with Crippen molar-refractivity contribution in [2.45, 2.75) is 25.6 Å². The summed E-state index contributed by atoms with van der Waals surface area (Å²) in [6.45, 7) is -0.00560. The first-order valence-corrected chi connectivity index (χ1v) is 11.1. The topological polar surface area (TPSA) is 49.4 Å². The third-order valence-electron chi connectivity index (χ3n) is 5.85. The largest absolute Gasteiger partial charge is 0.419 e. The summed E-state index contributed by atoms with van der Waals surface area (Å²) < 4.78 is 93.0. The maximum Gasteiger partial charge on any atom is 0.419 e. The second kappa shape index (κ2) is 10.0. The van der Waals surface area contributed by atoms with Gasteiger partial charge in [0.15, 0.2) is 11.6 Å². The molecular formula is C25H16ClF7N2O2. The summed E-state index contributed by atoms with van der Waals surface area (Å²) in [7, 11) is 0. The zero-order valence-electron chi connectivity index (χ0n) is 18.7. The fourth-order valence-corrected chi connectivity index (χ4v) is 4.28. The highest BCUT2D eigenvalue weighted by Crippen LogP contribution is 2.34. The zero-order chi connectivity index (χ0) is 27.1. The number of amides is 2. The third kappa shape index (κ3) is 5.56. The van der Waals surface area contributed by atoms with Crippen LogP contribution in [0, 0.1) is 23.3 Å². The lowest BCUT2D eigenvalue weighted by Gasteiger charge is -2.30. The van der Waals surface area contributed by atoms with Crippen molar-refractivity contribution >= 4 is 29.1 Å². The molecule has 0 saturated carbocycles. The summed E-state index contributed by atoms with van der Waals surface area (Å²) in [6, 6.07) is 5.98. The van der Waals surface area contributed by atoms with E-state index in [2.05, 4.69) is 5.32 Å². The average molecular weight is 545 g/mol. The van der Waals surface area contributed by atoms with Gasteiger partial charge in [-0.05, 0) is 47.4 Å². The number of hydrogen-bond donors (Lipinski definition) is 1. The van der Waals surface area contributed by atoms with Gasteiger partial charge in [-0.2, -0.15) is 13.2 Å². The van der Waals surface area contributed by atoms with Crippen LogP contribution in [0.2, 0.25) is 5.02 Å². The lowest BCUT2D eigenvalue weighted by molar-refractivity contribution is -0.140. The van der Waals surface area contributed by atoms with Crippen LogP contribution >= 0.6 is 11.6 Å². The smallest absolute Gasteiger partial charge is 0.334 e. The van der Waals surface area contributed by atoms with E-state index < -0.39 is 58.8 Å². The molecule has 0 atom stereocenters. The molecule has 1 N–H and O–H groups in total. The van der Waals surface area contributed by atoms with Crippen LogP contribution in [0.3, 0.4) is 0 Å². The predicted octanol–water partition coefficient (Wildman–Crippen LogP) is 6.29. The van der Waals surface area contributed by atoms with Gasteiger partial charge in [-0.15, -0.1) is 0 Å². The Morgan fingerprint density at radius 2 is 1.62 bits per heavy atom. The van der Waals surface area contributed by atoms with Crippen LogP contribution in [0.1, 0.15) is 32.6 Å². The van der Waals surface area contributed by atoms with E-state index in [0.29, 0.717) is 29.3 Å². The molecule has 37 heavy (non-hydrogen) atoms. The molecule has 0 aliphatic carbocycles. The van der Waals surface area contributed by atoms with Crippen molar-refractivity contribution in [2.75, 3.05) is 11.9 Å². The summed E-state index contributed by atoms with van der Waals surface area (Å²) in [5.74, 6) is -7.03. The number of alkyl halides is 3. The van der Waals surface area contributed by atoms with Gasteiger partial charge in [0.1, 0.15) is 11.6 Å². The molecule has 4 rings (SSSR count). The molecule has 4 nitrogen and oxygen atoms in total. The Hall–Kier alpha value is -3.60.